The molecule has 7 heteroatoms. The van der Waals surface area contributed by atoms with E-state index in [1.54, 1.807) is 24.1 Å². The molecule has 0 atom stereocenters. The molecule has 2 rings (SSSR count). The molecule has 0 spiro atoms. The Hall–Kier alpha value is -2.18. The zero-order valence-electron chi connectivity index (χ0n) is 12.4. The molecular weight excluding hydrogens is 254 g/mol. The molecule has 0 aliphatic carbocycles. The molecule has 0 aromatic carbocycles. The summed E-state index contributed by atoms with van der Waals surface area (Å²) >= 11 is 0. The van der Waals surface area contributed by atoms with E-state index in [1.165, 1.54) is 0 Å². The summed E-state index contributed by atoms with van der Waals surface area (Å²) in [4.78, 5) is 19.3. The normalized spacial score (nSPS) is 10.8. The van der Waals surface area contributed by atoms with Crippen LogP contribution in [-0.4, -0.2) is 45.1 Å². The summed E-state index contributed by atoms with van der Waals surface area (Å²) in [6, 6.07) is 0. The van der Waals surface area contributed by atoms with Gasteiger partial charge in [-0.1, -0.05) is 13.8 Å². The zero-order chi connectivity index (χ0) is 14.5. The van der Waals surface area contributed by atoms with Crippen molar-refractivity contribution in [1.29, 1.82) is 0 Å². The first-order valence-corrected chi connectivity index (χ1v) is 6.73. The summed E-state index contributed by atoms with van der Waals surface area (Å²) in [6.07, 6.45) is 6.28. The smallest absolute Gasteiger partial charge is 0.241 e. The molecule has 108 valence electrons. The van der Waals surface area contributed by atoms with Gasteiger partial charge in [-0.25, -0.2) is 4.98 Å². The van der Waals surface area contributed by atoms with Crippen molar-refractivity contribution < 1.29 is 0 Å². The van der Waals surface area contributed by atoms with Gasteiger partial charge in [0.15, 0.2) is 0 Å². The molecule has 2 aromatic heterocycles. The Morgan fingerprint density at radius 2 is 2.10 bits per heavy atom. The lowest BCUT2D eigenvalue weighted by atomic mass is 10.1. The predicted octanol–water partition coefficient (Wildman–Crippen LogP) is 1.58. The fraction of sp³-hybridized carbons (Fsp3) is 0.538. The van der Waals surface area contributed by atoms with Gasteiger partial charge in [-0.15, -0.1) is 0 Å². The quantitative estimate of drug-likeness (QED) is 0.863. The van der Waals surface area contributed by atoms with Crippen LogP contribution in [0.4, 0.5) is 11.9 Å². The van der Waals surface area contributed by atoms with Crippen LogP contribution in [0, 0.1) is 5.92 Å². The maximum absolute atomic E-state index is 4.49. The van der Waals surface area contributed by atoms with E-state index in [2.05, 4.69) is 39.1 Å². The van der Waals surface area contributed by atoms with Crippen molar-refractivity contribution in [1.82, 2.24) is 24.5 Å². The fourth-order valence-electron chi connectivity index (χ4n) is 1.68. The van der Waals surface area contributed by atoms with E-state index in [0.29, 0.717) is 23.8 Å². The molecule has 0 saturated carbocycles. The Balaban J connectivity index is 2.26. The van der Waals surface area contributed by atoms with Crippen molar-refractivity contribution >= 4 is 11.9 Å². The van der Waals surface area contributed by atoms with Crippen LogP contribution < -0.4 is 10.2 Å². The molecule has 2 heterocycles. The minimum absolute atomic E-state index is 0.551. The van der Waals surface area contributed by atoms with Crippen LogP contribution in [0.1, 0.15) is 20.3 Å². The van der Waals surface area contributed by atoms with E-state index < -0.39 is 0 Å². The highest BCUT2D eigenvalue weighted by atomic mass is 15.3. The second-order valence-electron chi connectivity index (χ2n) is 5.08. The summed E-state index contributed by atoms with van der Waals surface area (Å²) in [6.45, 7) is 5.32. The number of imidazole rings is 1. The van der Waals surface area contributed by atoms with Crippen LogP contribution in [0.2, 0.25) is 0 Å². The van der Waals surface area contributed by atoms with Crippen molar-refractivity contribution in [2.75, 3.05) is 30.9 Å². The second kappa shape index (κ2) is 6.31. The lowest BCUT2D eigenvalue weighted by Gasteiger charge is -2.19. The van der Waals surface area contributed by atoms with Gasteiger partial charge in [0.1, 0.15) is 6.33 Å². The molecular formula is C13H21N7. The molecule has 20 heavy (non-hydrogen) atoms. The molecule has 0 fully saturated rings. The Morgan fingerprint density at radius 1 is 1.30 bits per heavy atom. The molecule has 1 N–H and O–H groups in total. The SMILES string of the molecule is CNc1nc(N(C)CCC(C)C)nc(-n2ccnc2)n1. The third-order valence-electron chi connectivity index (χ3n) is 2.95. The van der Waals surface area contributed by atoms with Gasteiger partial charge in [-0.05, 0) is 12.3 Å². The van der Waals surface area contributed by atoms with Gasteiger partial charge in [0, 0.05) is 33.0 Å². The van der Waals surface area contributed by atoms with E-state index in [0.717, 1.165) is 13.0 Å². The maximum atomic E-state index is 4.49. The average Bonchev–Trinajstić information content (AvgIpc) is 2.98. The van der Waals surface area contributed by atoms with Gasteiger partial charge in [-0.3, -0.25) is 4.57 Å². The molecule has 0 amide bonds. The number of rotatable bonds is 6. The van der Waals surface area contributed by atoms with Crippen LogP contribution >= 0.6 is 0 Å². The van der Waals surface area contributed by atoms with Crippen molar-refractivity contribution in [3.05, 3.63) is 18.7 Å². The first kappa shape index (κ1) is 14.2. The Kier molecular flexibility index (Phi) is 4.49. The third kappa shape index (κ3) is 3.43. The van der Waals surface area contributed by atoms with Gasteiger partial charge in [-0.2, -0.15) is 15.0 Å². The van der Waals surface area contributed by atoms with Gasteiger partial charge < -0.3 is 10.2 Å². The zero-order valence-corrected chi connectivity index (χ0v) is 12.4. The van der Waals surface area contributed by atoms with Crippen LogP contribution in [0.3, 0.4) is 0 Å². The summed E-state index contributed by atoms with van der Waals surface area (Å²) in [5.41, 5.74) is 0. The maximum Gasteiger partial charge on any atom is 0.241 e. The van der Waals surface area contributed by atoms with Gasteiger partial charge in [0.2, 0.25) is 17.8 Å². The predicted molar refractivity (Wildman–Crippen MR) is 79.2 cm³/mol. The molecule has 2 aromatic rings. The lowest BCUT2D eigenvalue weighted by molar-refractivity contribution is 0.581. The molecule has 0 radical (unpaired) electrons. The van der Waals surface area contributed by atoms with E-state index in [1.807, 2.05) is 18.1 Å². The third-order valence-corrected chi connectivity index (χ3v) is 2.95. The van der Waals surface area contributed by atoms with E-state index in [9.17, 15) is 0 Å². The second-order valence-corrected chi connectivity index (χ2v) is 5.08. The number of nitrogens with zero attached hydrogens (tertiary/aromatic N) is 6. The lowest BCUT2D eigenvalue weighted by Crippen LogP contribution is -2.23. The number of anilines is 2. The molecule has 0 saturated heterocycles. The minimum atomic E-state index is 0.551. The van der Waals surface area contributed by atoms with E-state index in [-0.39, 0.29) is 0 Å². The Bertz CT molecular complexity index is 536. The van der Waals surface area contributed by atoms with Crippen LogP contribution in [0.5, 0.6) is 0 Å². The number of hydrogen-bond donors (Lipinski definition) is 1. The van der Waals surface area contributed by atoms with Crippen molar-refractivity contribution in [2.24, 2.45) is 5.92 Å². The summed E-state index contributed by atoms with van der Waals surface area (Å²) < 4.78 is 1.77. The molecule has 0 aliphatic rings. The molecule has 7 nitrogen and oxygen atoms in total. The first-order valence-electron chi connectivity index (χ1n) is 6.73. The molecule has 0 aliphatic heterocycles. The first-order chi connectivity index (χ1) is 9.60. The molecule has 0 unspecified atom stereocenters. The summed E-state index contributed by atoms with van der Waals surface area (Å²) in [5, 5.41) is 2.97. The highest BCUT2D eigenvalue weighted by molar-refractivity contribution is 5.39. The van der Waals surface area contributed by atoms with Crippen LogP contribution in [0.25, 0.3) is 5.95 Å². The molecule has 0 bridgehead atoms. The van der Waals surface area contributed by atoms with Gasteiger partial charge in [0.05, 0.1) is 0 Å². The highest BCUT2D eigenvalue weighted by Gasteiger charge is 2.11. The monoisotopic (exact) mass is 275 g/mol. The minimum Gasteiger partial charge on any atom is -0.357 e. The number of hydrogen-bond acceptors (Lipinski definition) is 6. The van der Waals surface area contributed by atoms with Gasteiger partial charge >= 0.3 is 0 Å². The highest BCUT2D eigenvalue weighted by Crippen LogP contribution is 2.13. The van der Waals surface area contributed by atoms with Crippen LogP contribution in [0.15, 0.2) is 18.7 Å². The average molecular weight is 275 g/mol. The topological polar surface area (TPSA) is 71.8 Å². The standard InChI is InChI=1S/C13H21N7/c1-10(2)5-7-19(4)12-16-11(14-3)17-13(18-12)20-8-6-15-9-20/h6,8-10H,5,7H2,1-4H3,(H,14,16,17,18). The van der Waals surface area contributed by atoms with Crippen LogP contribution in [-0.2, 0) is 0 Å². The number of nitrogens with one attached hydrogen (secondary N) is 1. The Morgan fingerprint density at radius 3 is 2.70 bits per heavy atom. The summed E-state index contributed by atoms with van der Waals surface area (Å²) in [7, 11) is 3.79. The van der Waals surface area contributed by atoms with Gasteiger partial charge in [0.25, 0.3) is 0 Å². The largest absolute Gasteiger partial charge is 0.357 e. The van der Waals surface area contributed by atoms with E-state index in [4.69, 9.17) is 0 Å². The van der Waals surface area contributed by atoms with E-state index >= 15 is 0 Å². The summed E-state index contributed by atoms with van der Waals surface area (Å²) in [5.74, 6) is 2.42. The van der Waals surface area contributed by atoms with Crippen molar-refractivity contribution in [2.45, 2.75) is 20.3 Å². The van der Waals surface area contributed by atoms with Crippen molar-refractivity contribution in [3.63, 3.8) is 0 Å². The van der Waals surface area contributed by atoms with Crippen molar-refractivity contribution in [3.8, 4) is 5.95 Å². The number of aromatic nitrogens is 5. The fourth-order valence-corrected chi connectivity index (χ4v) is 1.68. The Labute approximate surface area is 119 Å².